The monoisotopic (exact) mass is 396 g/mol. The number of nitrogens with zero attached hydrogens (tertiary/aromatic N) is 1. The van der Waals surface area contributed by atoms with Crippen LogP contribution >= 0.6 is 0 Å². The highest BCUT2D eigenvalue weighted by molar-refractivity contribution is 7.86. The Morgan fingerprint density at radius 1 is 1.30 bits per heavy atom. The van der Waals surface area contributed by atoms with Gasteiger partial charge in [-0.3, -0.25) is 4.21 Å². The summed E-state index contributed by atoms with van der Waals surface area (Å²) in [5, 5.41) is 3.03. The lowest BCUT2D eigenvalue weighted by Crippen LogP contribution is -2.40. The lowest BCUT2D eigenvalue weighted by Gasteiger charge is -2.25. The number of carbonyl (C=O) groups is 1. The van der Waals surface area contributed by atoms with Crippen LogP contribution in [0.5, 0.6) is 5.75 Å². The fraction of sp³-hybridized carbons (Fsp3) is 0.632. The highest BCUT2D eigenvalue weighted by atomic mass is 32.2. The van der Waals surface area contributed by atoms with Gasteiger partial charge >= 0.3 is 6.03 Å². The second-order valence-corrected chi connectivity index (χ2v) is 9.39. The Labute approximate surface area is 160 Å². The summed E-state index contributed by atoms with van der Waals surface area (Å²) < 4.78 is 37.4. The van der Waals surface area contributed by atoms with Crippen LogP contribution in [0.4, 0.5) is 14.9 Å². The molecule has 6 nitrogen and oxygen atoms in total. The predicted molar refractivity (Wildman–Crippen MR) is 101 cm³/mol. The zero-order valence-electron chi connectivity index (χ0n) is 15.2. The number of rotatable bonds is 4. The summed E-state index contributed by atoms with van der Waals surface area (Å²) in [4.78, 5) is 14.4. The third kappa shape index (κ3) is 4.27. The van der Waals surface area contributed by atoms with Crippen molar-refractivity contribution in [1.82, 2.24) is 4.90 Å². The van der Waals surface area contributed by atoms with Gasteiger partial charge in [-0.25, -0.2) is 9.18 Å². The minimum Gasteiger partial charge on any atom is -0.489 e. The molecule has 0 spiro atoms. The molecule has 3 fully saturated rings. The van der Waals surface area contributed by atoms with Crippen molar-refractivity contribution in [1.29, 1.82) is 0 Å². The van der Waals surface area contributed by atoms with Crippen molar-refractivity contribution >= 4 is 22.5 Å². The first-order valence-electron chi connectivity index (χ1n) is 9.59. The van der Waals surface area contributed by atoms with Crippen LogP contribution in [0.2, 0.25) is 0 Å². The molecule has 2 amide bonds. The van der Waals surface area contributed by atoms with E-state index in [1.807, 2.05) is 0 Å². The normalized spacial score (nSPS) is 30.2. The summed E-state index contributed by atoms with van der Waals surface area (Å²) in [5.74, 6) is -0.00837. The van der Waals surface area contributed by atoms with Gasteiger partial charge in [0.2, 0.25) is 0 Å². The number of anilines is 1. The Bertz CT molecular complexity index is 726. The van der Waals surface area contributed by atoms with Gasteiger partial charge in [0.1, 0.15) is 18.2 Å². The zero-order chi connectivity index (χ0) is 18.8. The van der Waals surface area contributed by atoms with Gasteiger partial charge in [0, 0.05) is 41.8 Å². The molecule has 0 aliphatic carbocycles. The van der Waals surface area contributed by atoms with Crippen molar-refractivity contribution in [2.24, 2.45) is 0 Å². The van der Waals surface area contributed by atoms with E-state index in [0.29, 0.717) is 31.1 Å². The maximum Gasteiger partial charge on any atom is 0.321 e. The Hall–Kier alpha value is -1.67. The molecule has 8 heteroatoms. The fourth-order valence-corrected chi connectivity index (χ4v) is 5.95. The van der Waals surface area contributed by atoms with Crippen molar-refractivity contribution < 1.29 is 22.9 Å². The van der Waals surface area contributed by atoms with Crippen LogP contribution in [-0.4, -0.2) is 58.0 Å². The first-order chi connectivity index (χ1) is 13.1. The van der Waals surface area contributed by atoms with E-state index < -0.39 is 16.6 Å². The van der Waals surface area contributed by atoms with Crippen LogP contribution in [0.3, 0.4) is 0 Å². The topological polar surface area (TPSA) is 67.9 Å². The molecule has 3 saturated heterocycles. The highest BCUT2D eigenvalue weighted by Crippen LogP contribution is 2.31. The molecule has 2 bridgehead atoms. The van der Waals surface area contributed by atoms with Gasteiger partial charge in [-0.2, -0.15) is 0 Å². The van der Waals surface area contributed by atoms with Crippen LogP contribution in [-0.2, 0) is 15.5 Å². The van der Waals surface area contributed by atoms with E-state index in [-0.39, 0.29) is 22.6 Å². The molecule has 3 aliphatic heterocycles. The number of fused-ring (bicyclic) bond motifs is 2. The zero-order valence-corrected chi connectivity index (χ0v) is 16.0. The summed E-state index contributed by atoms with van der Waals surface area (Å²) in [6.07, 6.45) is 4.63. The van der Waals surface area contributed by atoms with E-state index in [1.54, 1.807) is 4.90 Å². The molecule has 1 N–H and O–H groups in total. The number of ether oxygens (including phenoxy) is 2. The molecule has 0 saturated carbocycles. The van der Waals surface area contributed by atoms with Crippen LogP contribution in [0.25, 0.3) is 0 Å². The molecule has 4 unspecified atom stereocenters. The molecule has 4 atom stereocenters. The first-order valence-corrected chi connectivity index (χ1v) is 10.9. The molecule has 4 rings (SSSR count). The summed E-state index contributed by atoms with van der Waals surface area (Å²) in [6.45, 7) is 2.16. The molecular weight excluding hydrogens is 371 g/mol. The third-order valence-corrected chi connectivity index (χ3v) is 7.70. The molecule has 0 aromatic heterocycles. The van der Waals surface area contributed by atoms with Gasteiger partial charge in [-0.1, -0.05) is 0 Å². The minimum atomic E-state index is -0.853. The maximum absolute atomic E-state index is 13.7. The number of benzene rings is 1. The number of urea groups is 1. The van der Waals surface area contributed by atoms with Crippen LogP contribution in [0.15, 0.2) is 18.2 Å². The number of carbonyl (C=O) groups excluding carboxylic acids is 1. The molecule has 1 aromatic carbocycles. The van der Waals surface area contributed by atoms with Gasteiger partial charge in [0.15, 0.2) is 0 Å². The van der Waals surface area contributed by atoms with Crippen molar-refractivity contribution in [2.75, 3.05) is 31.6 Å². The second-order valence-electron chi connectivity index (χ2n) is 7.40. The fourth-order valence-electron chi connectivity index (χ4n) is 4.00. The predicted octanol–water partition coefficient (Wildman–Crippen LogP) is 2.90. The number of hydrogen-bond acceptors (Lipinski definition) is 4. The molecular formula is C19H25FN2O4S. The van der Waals surface area contributed by atoms with Gasteiger partial charge in [-0.15, -0.1) is 0 Å². The SMILES string of the molecule is O=C(Nc1cc(F)ccc1OCC1CCCO1)N1CCC2CCC(C1)S2=O. The van der Waals surface area contributed by atoms with Crippen LogP contribution in [0, 0.1) is 5.82 Å². The Kier molecular flexibility index (Phi) is 5.63. The molecule has 3 heterocycles. The molecule has 0 radical (unpaired) electrons. The maximum atomic E-state index is 13.7. The number of halogens is 1. The molecule has 1 aromatic rings. The summed E-state index contributed by atoms with van der Waals surface area (Å²) >= 11 is 0. The summed E-state index contributed by atoms with van der Waals surface area (Å²) in [6, 6.07) is 3.81. The number of likely N-dealkylation sites (tertiary alicyclic amines) is 1. The molecule has 3 aliphatic rings. The second kappa shape index (κ2) is 8.14. The van der Waals surface area contributed by atoms with Crippen LogP contribution < -0.4 is 10.1 Å². The molecule has 27 heavy (non-hydrogen) atoms. The minimum absolute atomic E-state index is 0.0368. The Balaban J connectivity index is 1.42. The largest absolute Gasteiger partial charge is 0.489 e. The van der Waals surface area contributed by atoms with Crippen molar-refractivity contribution in [3.63, 3.8) is 0 Å². The lowest BCUT2D eigenvalue weighted by atomic mass is 10.1. The lowest BCUT2D eigenvalue weighted by molar-refractivity contribution is 0.0682. The average Bonchev–Trinajstić information content (AvgIpc) is 3.22. The summed E-state index contributed by atoms with van der Waals surface area (Å²) in [5.41, 5.74) is 0.313. The van der Waals surface area contributed by atoms with E-state index in [2.05, 4.69) is 5.32 Å². The number of nitrogens with one attached hydrogen (secondary N) is 1. The van der Waals surface area contributed by atoms with E-state index in [0.717, 1.165) is 38.7 Å². The first kappa shape index (κ1) is 18.7. The van der Waals surface area contributed by atoms with Gasteiger partial charge < -0.3 is 19.7 Å². The van der Waals surface area contributed by atoms with Crippen molar-refractivity contribution in [2.45, 2.75) is 48.7 Å². The quantitative estimate of drug-likeness (QED) is 0.850. The van der Waals surface area contributed by atoms with Crippen LogP contribution in [0.1, 0.15) is 32.1 Å². The van der Waals surface area contributed by atoms with Gasteiger partial charge in [0.25, 0.3) is 0 Å². The van der Waals surface area contributed by atoms with E-state index in [4.69, 9.17) is 9.47 Å². The van der Waals surface area contributed by atoms with E-state index in [1.165, 1.54) is 18.2 Å². The van der Waals surface area contributed by atoms with Crippen molar-refractivity contribution in [3.05, 3.63) is 24.0 Å². The van der Waals surface area contributed by atoms with Gasteiger partial charge in [-0.05, 0) is 44.2 Å². The number of hydrogen-bond donors (Lipinski definition) is 1. The summed E-state index contributed by atoms with van der Waals surface area (Å²) in [7, 11) is -0.853. The third-order valence-electron chi connectivity index (χ3n) is 5.53. The van der Waals surface area contributed by atoms with E-state index in [9.17, 15) is 13.4 Å². The standard InChI is InChI=1S/C19H25FN2O4S/c20-13-3-6-18(26-12-14-2-1-9-25-14)17(10-13)21-19(23)22-8-7-15-4-5-16(11-22)27(15)24/h3,6,10,14-16H,1-2,4-5,7-9,11-12H2,(H,21,23). The average molecular weight is 396 g/mol. The van der Waals surface area contributed by atoms with Gasteiger partial charge in [0.05, 0.1) is 17.0 Å². The van der Waals surface area contributed by atoms with E-state index >= 15 is 0 Å². The molecule has 148 valence electrons. The van der Waals surface area contributed by atoms with Crippen molar-refractivity contribution in [3.8, 4) is 5.75 Å². The number of amides is 2. The highest BCUT2D eigenvalue weighted by Gasteiger charge is 2.38. The Morgan fingerprint density at radius 3 is 2.96 bits per heavy atom. The Morgan fingerprint density at radius 2 is 2.15 bits per heavy atom. The smallest absolute Gasteiger partial charge is 0.321 e.